The molecule has 0 amide bonds. The number of anilines is 1. The summed E-state index contributed by atoms with van der Waals surface area (Å²) in [5.41, 5.74) is 0.840. The normalized spacial score (nSPS) is 11.9. The first kappa shape index (κ1) is 14.2. The molecule has 2 heterocycles. The van der Waals surface area contributed by atoms with Crippen molar-refractivity contribution in [3.05, 3.63) is 28.0 Å². The molecule has 2 rings (SSSR count). The van der Waals surface area contributed by atoms with E-state index < -0.39 is 5.97 Å². The van der Waals surface area contributed by atoms with Crippen molar-refractivity contribution in [1.29, 1.82) is 0 Å². The van der Waals surface area contributed by atoms with Gasteiger partial charge in [0.2, 0.25) is 5.88 Å². The molecule has 0 fully saturated rings. The van der Waals surface area contributed by atoms with E-state index >= 15 is 0 Å². The average Bonchev–Trinajstić information content (AvgIpc) is 2.91. The lowest BCUT2D eigenvalue weighted by atomic mass is 10.3. The fourth-order valence-electron chi connectivity index (χ4n) is 1.64. The van der Waals surface area contributed by atoms with Crippen LogP contribution in [0.2, 0.25) is 0 Å². The first-order valence-electron chi connectivity index (χ1n) is 5.83. The lowest BCUT2D eigenvalue weighted by Gasteiger charge is -2.14. The Morgan fingerprint density at radius 1 is 1.50 bits per heavy atom. The first-order chi connectivity index (χ1) is 9.52. The highest BCUT2D eigenvalue weighted by molar-refractivity contribution is 7.09. The average molecular weight is 294 g/mol. The van der Waals surface area contributed by atoms with Crippen LogP contribution in [0.3, 0.4) is 0 Å². The van der Waals surface area contributed by atoms with Gasteiger partial charge < -0.3 is 15.2 Å². The van der Waals surface area contributed by atoms with Crippen molar-refractivity contribution in [1.82, 2.24) is 15.0 Å². The molecule has 8 heteroatoms. The molecule has 0 aromatic carbocycles. The summed E-state index contributed by atoms with van der Waals surface area (Å²) >= 11 is 1.29. The van der Waals surface area contributed by atoms with Gasteiger partial charge in [-0.15, -0.1) is 11.3 Å². The largest absolute Gasteiger partial charge is 0.481 e. The summed E-state index contributed by atoms with van der Waals surface area (Å²) in [7, 11) is 1.54. The maximum Gasteiger partial charge on any atom is 0.355 e. The number of nitrogens with one attached hydrogen (secondary N) is 1. The van der Waals surface area contributed by atoms with E-state index in [2.05, 4.69) is 20.3 Å². The standard InChI is InChI=1S/C12H14N4O3S/c1-6-9(13-5-14-10(6)19-3)15-7(2)11-16-8(4-20-11)12(17)18/h4-5,7H,1-3H3,(H,17,18)(H,13,14,15). The number of carboxylic acid groups (broad SMARTS) is 1. The molecule has 0 aliphatic rings. The van der Waals surface area contributed by atoms with Gasteiger partial charge in [-0.3, -0.25) is 0 Å². The summed E-state index contributed by atoms with van der Waals surface area (Å²) in [5, 5.41) is 14.2. The van der Waals surface area contributed by atoms with Crippen LogP contribution in [-0.4, -0.2) is 33.1 Å². The van der Waals surface area contributed by atoms with Crippen LogP contribution >= 0.6 is 11.3 Å². The van der Waals surface area contributed by atoms with Gasteiger partial charge in [0.25, 0.3) is 0 Å². The monoisotopic (exact) mass is 294 g/mol. The predicted octanol–water partition coefficient (Wildman–Crippen LogP) is 2.12. The Hall–Kier alpha value is -2.22. The van der Waals surface area contributed by atoms with E-state index in [0.717, 1.165) is 5.56 Å². The zero-order valence-corrected chi connectivity index (χ0v) is 12.1. The van der Waals surface area contributed by atoms with Crippen LogP contribution in [0, 0.1) is 6.92 Å². The van der Waals surface area contributed by atoms with Crippen molar-refractivity contribution in [3.8, 4) is 5.88 Å². The van der Waals surface area contributed by atoms with Gasteiger partial charge in [-0.05, 0) is 13.8 Å². The quantitative estimate of drug-likeness (QED) is 0.871. The van der Waals surface area contributed by atoms with Gasteiger partial charge in [0.05, 0.1) is 18.7 Å². The Kier molecular flexibility index (Phi) is 4.14. The summed E-state index contributed by atoms with van der Waals surface area (Å²) in [4.78, 5) is 23.0. The minimum absolute atomic E-state index is 0.0515. The van der Waals surface area contributed by atoms with Gasteiger partial charge in [0.15, 0.2) is 5.69 Å². The zero-order chi connectivity index (χ0) is 14.7. The molecule has 2 N–H and O–H groups in total. The summed E-state index contributed by atoms with van der Waals surface area (Å²) in [6, 6.07) is -0.161. The van der Waals surface area contributed by atoms with Crippen LogP contribution in [-0.2, 0) is 0 Å². The lowest BCUT2D eigenvalue weighted by Crippen LogP contribution is -2.10. The van der Waals surface area contributed by atoms with Crippen molar-refractivity contribution in [3.63, 3.8) is 0 Å². The number of hydrogen-bond acceptors (Lipinski definition) is 7. The molecule has 0 radical (unpaired) electrons. The third-order valence-electron chi connectivity index (χ3n) is 2.70. The molecule has 7 nitrogen and oxygen atoms in total. The van der Waals surface area contributed by atoms with Crippen molar-refractivity contribution in [2.45, 2.75) is 19.9 Å². The third kappa shape index (κ3) is 2.85. The van der Waals surface area contributed by atoms with E-state index in [1.807, 2.05) is 13.8 Å². The van der Waals surface area contributed by atoms with Gasteiger partial charge in [0.1, 0.15) is 17.2 Å². The lowest BCUT2D eigenvalue weighted by molar-refractivity contribution is 0.0691. The zero-order valence-electron chi connectivity index (χ0n) is 11.2. The molecule has 2 aromatic rings. The van der Waals surface area contributed by atoms with E-state index in [4.69, 9.17) is 9.84 Å². The number of aromatic nitrogens is 3. The van der Waals surface area contributed by atoms with Crippen LogP contribution in [0.1, 0.15) is 34.0 Å². The summed E-state index contributed by atoms with van der Waals surface area (Å²) < 4.78 is 5.13. The number of aromatic carboxylic acids is 1. The minimum atomic E-state index is -1.03. The van der Waals surface area contributed by atoms with Crippen LogP contribution in [0.4, 0.5) is 5.82 Å². The molecule has 1 atom stereocenters. The van der Waals surface area contributed by atoms with E-state index in [1.54, 1.807) is 7.11 Å². The van der Waals surface area contributed by atoms with Crippen LogP contribution < -0.4 is 10.1 Å². The highest BCUT2D eigenvalue weighted by atomic mass is 32.1. The number of carbonyl (C=O) groups is 1. The Labute approximate surface area is 119 Å². The van der Waals surface area contributed by atoms with E-state index in [-0.39, 0.29) is 11.7 Å². The second-order valence-corrected chi connectivity index (χ2v) is 4.99. The molecule has 0 bridgehead atoms. The third-order valence-corrected chi connectivity index (χ3v) is 3.72. The van der Waals surface area contributed by atoms with Crippen molar-refractivity contribution >= 4 is 23.1 Å². The second kappa shape index (κ2) is 5.83. The van der Waals surface area contributed by atoms with Gasteiger partial charge in [0, 0.05) is 5.38 Å². The maximum absolute atomic E-state index is 10.8. The molecule has 0 saturated heterocycles. The van der Waals surface area contributed by atoms with Crippen molar-refractivity contribution in [2.24, 2.45) is 0 Å². The molecule has 0 saturated carbocycles. The van der Waals surface area contributed by atoms with E-state index in [1.165, 1.54) is 23.0 Å². The fraction of sp³-hybridized carbons (Fsp3) is 0.333. The Bertz CT molecular complexity index is 629. The fourth-order valence-corrected chi connectivity index (χ4v) is 2.44. The van der Waals surface area contributed by atoms with Crippen molar-refractivity contribution in [2.75, 3.05) is 12.4 Å². The number of ether oxygens (including phenoxy) is 1. The smallest absolute Gasteiger partial charge is 0.355 e. The van der Waals surface area contributed by atoms with E-state index in [0.29, 0.717) is 16.7 Å². The van der Waals surface area contributed by atoms with Gasteiger partial charge >= 0.3 is 5.97 Å². The van der Waals surface area contributed by atoms with Crippen LogP contribution in [0.15, 0.2) is 11.7 Å². The minimum Gasteiger partial charge on any atom is -0.481 e. The highest BCUT2D eigenvalue weighted by Crippen LogP contribution is 2.26. The molecule has 0 aliphatic heterocycles. The number of nitrogens with zero attached hydrogens (tertiary/aromatic N) is 3. The summed E-state index contributed by atoms with van der Waals surface area (Å²) in [6.07, 6.45) is 1.41. The summed E-state index contributed by atoms with van der Waals surface area (Å²) in [5.74, 6) is 0.107. The Balaban J connectivity index is 2.18. The number of thiazole rings is 1. The molecular formula is C12H14N4O3S. The van der Waals surface area contributed by atoms with E-state index in [9.17, 15) is 4.79 Å². The molecule has 1 unspecified atom stereocenters. The summed E-state index contributed by atoms with van der Waals surface area (Å²) in [6.45, 7) is 3.73. The topological polar surface area (TPSA) is 97.2 Å². The number of rotatable bonds is 5. The molecule has 20 heavy (non-hydrogen) atoms. The Morgan fingerprint density at radius 3 is 2.85 bits per heavy atom. The first-order valence-corrected chi connectivity index (χ1v) is 6.71. The van der Waals surface area contributed by atoms with Crippen LogP contribution in [0.25, 0.3) is 0 Å². The second-order valence-electron chi connectivity index (χ2n) is 4.10. The molecule has 0 aliphatic carbocycles. The maximum atomic E-state index is 10.8. The number of methoxy groups -OCH3 is 1. The molecule has 106 valence electrons. The Morgan fingerprint density at radius 2 is 2.25 bits per heavy atom. The SMILES string of the molecule is COc1ncnc(NC(C)c2nc(C(=O)O)cs2)c1C. The molecule has 0 spiro atoms. The van der Waals surface area contributed by atoms with Crippen molar-refractivity contribution < 1.29 is 14.6 Å². The predicted molar refractivity (Wildman–Crippen MR) is 74.4 cm³/mol. The number of carboxylic acids is 1. The van der Waals surface area contributed by atoms with Gasteiger partial charge in [-0.1, -0.05) is 0 Å². The van der Waals surface area contributed by atoms with Gasteiger partial charge in [-0.25, -0.2) is 19.7 Å². The van der Waals surface area contributed by atoms with Crippen LogP contribution in [0.5, 0.6) is 5.88 Å². The van der Waals surface area contributed by atoms with Gasteiger partial charge in [-0.2, -0.15) is 0 Å². The molecular weight excluding hydrogens is 280 g/mol. The highest BCUT2D eigenvalue weighted by Gasteiger charge is 2.16. The molecule has 2 aromatic heterocycles. The number of hydrogen-bond donors (Lipinski definition) is 2.